The van der Waals surface area contributed by atoms with Crippen LogP contribution in [0.2, 0.25) is 5.02 Å². The lowest BCUT2D eigenvalue weighted by molar-refractivity contribution is -0.134. The van der Waals surface area contributed by atoms with Gasteiger partial charge in [0.05, 0.1) is 9.92 Å². The van der Waals surface area contributed by atoms with Crippen molar-refractivity contribution in [2.75, 3.05) is 24.4 Å². The highest BCUT2D eigenvalue weighted by atomic mass is 35.5. The Morgan fingerprint density at radius 2 is 1.91 bits per heavy atom. The maximum absolute atomic E-state index is 13.2. The molecule has 0 aliphatic carbocycles. The van der Waals surface area contributed by atoms with Gasteiger partial charge in [-0.2, -0.15) is 0 Å². The van der Waals surface area contributed by atoms with Gasteiger partial charge in [-0.15, -0.1) is 0 Å². The van der Waals surface area contributed by atoms with Gasteiger partial charge in [0.1, 0.15) is 23.7 Å². The topological polar surface area (TPSA) is 101 Å². The van der Waals surface area contributed by atoms with Crippen LogP contribution in [0.25, 0.3) is 0 Å². The third-order valence-electron chi connectivity index (χ3n) is 5.58. The molecule has 11 heteroatoms. The van der Waals surface area contributed by atoms with Crippen molar-refractivity contribution in [3.05, 3.63) is 77.5 Å². The summed E-state index contributed by atoms with van der Waals surface area (Å²) in [6.45, 7) is 0.969. The number of aromatic nitrogens is 2. The first-order valence-electron chi connectivity index (χ1n) is 10.6. The second-order valence-corrected chi connectivity index (χ2v) is 9.88. The monoisotopic (exact) mass is 506 g/mol. The molecule has 4 rings (SSSR count). The van der Waals surface area contributed by atoms with Crippen molar-refractivity contribution in [3.8, 4) is 5.75 Å². The minimum Gasteiger partial charge on any atom is -0.484 e. The number of carbonyl (C=O) groups is 1. The Morgan fingerprint density at radius 1 is 1.18 bits per heavy atom. The van der Waals surface area contributed by atoms with Crippen molar-refractivity contribution in [2.24, 2.45) is 0 Å². The fraction of sp³-hybridized carbons (Fsp3) is 0.261. The standard InChI is InChI=1S/C23H22ClFN4O4S.H2/c24-20-13-18(3-6-21(20)25)33-14-23(30)29-11-8-17(9-12-29)16-1-4-19(5-2-16)34(31,32)28-22-7-10-26-15-27-22;/h1-7,10,13,15,17H,8-9,11-12,14H2,(H,26,27,28);1H. The second kappa shape index (κ2) is 10.4. The van der Waals surface area contributed by atoms with Gasteiger partial charge in [-0.25, -0.2) is 22.8 Å². The second-order valence-electron chi connectivity index (χ2n) is 7.79. The van der Waals surface area contributed by atoms with Gasteiger partial charge in [-0.1, -0.05) is 23.7 Å². The number of nitrogens with one attached hydrogen (secondary N) is 1. The third kappa shape index (κ3) is 5.81. The number of anilines is 1. The highest BCUT2D eigenvalue weighted by Gasteiger charge is 2.25. The van der Waals surface area contributed by atoms with Crippen molar-refractivity contribution >= 4 is 33.3 Å². The molecule has 3 aromatic rings. The maximum atomic E-state index is 13.2. The zero-order valence-electron chi connectivity index (χ0n) is 18.0. The van der Waals surface area contributed by atoms with Gasteiger partial charge in [0.15, 0.2) is 6.61 Å². The molecule has 0 unspecified atom stereocenters. The van der Waals surface area contributed by atoms with Crippen LogP contribution in [0.5, 0.6) is 5.75 Å². The average molecular weight is 507 g/mol. The number of ether oxygens (including phenoxy) is 1. The van der Waals surface area contributed by atoms with Crippen LogP contribution in [-0.4, -0.2) is 48.9 Å². The summed E-state index contributed by atoms with van der Waals surface area (Å²) in [6.07, 6.45) is 4.22. The Hall–Kier alpha value is -3.24. The number of sulfonamides is 1. The van der Waals surface area contributed by atoms with Crippen LogP contribution in [0.3, 0.4) is 0 Å². The number of hydrogen-bond donors (Lipinski definition) is 1. The predicted octanol–water partition coefficient (Wildman–Crippen LogP) is 4.10. The van der Waals surface area contributed by atoms with Crippen LogP contribution < -0.4 is 9.46 Å². The molecule has 34 heavy (non-hydrogen) atoms. The van der Waals surface area contributed by atoms with Crippen molar-refractivity contribution in [3.63, 3.8) is 0 Å². The van der Waals surface area contributed by atoms with Gasteiger partial charge in [0, 0.05) is 26.8 Å². The number of halogens is 2. The maximum Gasteiger partial charge on any atom is 0.263 e. The minimum absolute atomic E-state index is 0. The number of piperidine rings is 1. The highest BCUT2D eigenvalue weighted by Crippen LogP contribution is 2.29. The molecule has 8 nitrogen and oxygen atoms in total. The van der Waals surface area contributed by atoms with Crippen LogP contribution in [0.15, 0.2) is 66.0 Å². The van der Waals surface area contributed by atoms with E-state index in [-0.39, 0.29) is 35.6 Å². The van der Waals surface area contributed by atoms with E-state index >= 15 is 0 Å². The number of rotatable bonds is 7. The van der Waals surface area contributed by atoms with Crippen LogP contribution in [0.1, 0.15) is 25.7 Å². The molecule has 1 aliphatic rings. The van der Waals surface area contributed by atoms with Gasteiger partial charge >= 0.3 is 0 Å². The molecule has 1 N–H and O–H groups in total. The van der Waals surface area contributed by atoms with E-state index in [9.17, 15) is 17.6 Å². The summed E-state index contributed by atoms with van der Waals surface area (Å²) in [6, 6.07) is 12.2. The molecule has 0 spiro atoms. The molecule has 0 radical (unpaired) electrons. The molecule has 180 valence electrons. The van der Waals surface area contributed by atoms with Crippen molar-refractivity contribution < 1.29 is 23.8 Å². The van der Waals surface area contributed by atoms with E-state index in [4.69, 9.17) is 16.3 Å². The average Bonchev–Trinajstić information content (AvgIpc) is 2.85. The summed E-state index contributed by atoms with van der Waals surface area (Å²) in [5.74, 6) is 0.0418. The number of carbonyl (C=O) groups excluding carboxylic acids is 1. The number of nitrogens with zero attached hydrogens (tertiary/aromatic N) is 3. The summed E-state index contributed by atoms with van der Waals surface area (Å²) < 4.78 is 46.2. The highest BCUT2D eigenvalue weighted by molar-refractivity contribution is 7.92. The van der Waals surface area contributed by atoms with E-state index in [1.807, 2.05) is 0 Å². The molecule has 0 bridgehead atoms. The first-order chi connectivity index (χ1) is 16.3. The summed E-state index contributed by atoms with van der Waals surface area (Å²) >= 11 is 5.73. The van der Waals surface area contributed by atoms with Crippen molar-refractivity contribution in [1.29, 1.82) is 0 Å². The molecular weight excluding hydrogens is 483 g/mol. The zero-order valence-corrected chi connectivity index (χ0v) is 19.6. The molecule has 2 aromatic carbocycles. The fourth-order valence-electron chi connectivity index (χ4n) is 3.73. The zero-order chi connectivity index (χ0) is 24.1. The van der Waals surface area contributed by atoms with Crippen LogP contribution >= 0.6 is 11.6 Å². The Labute approximate surface area is 203 Å². The van der Waals surface area contributed by atoms with Gasteiger partial charge < -0.3 is 9.64 Å². The Balaban J connectivity index is 0.00000342. The van der Waals surface area contributed by atoms with Gasteiger partial charge in [-0.3, -0.25) is 9.52 Å². The first-order valence-corrected chi connectivity index (χ1v) is 12.4. The van der Waals surface area contributed by atoms with E-state index in [0.29, 0.717) is 18.8 Å². The molecule has 1 saturated heterocycles. The predicted molar refractivity (Wildman–Crippen MR) is 127 cm³/mol. The Morgan fingerprint density at radius 3 is 2.56 bits per heavy atom. The summed E-state index contributed by atoms with van der Waals surface area (Å²) in [5.41, 5.74) is 1.02. The van der Waals surface area contributed by atoms with Crippen molar-refractivity contribution in [2.45, 2.75) is 23.7 Å². The molecule has 1 aliphatic heterocycles. The lowest BCUT2D eigenvalue weighted by Crippen LogP contribution is -2.40. The Kier molecular flexibility index (Phi) is 7.28. The quantitative estimate of drug-likeness (QED) is 0.517. The summed E-state index contributed by atoms with van der Waals surface area (Å²) in [7, 11) is -3.75. The molecule has 0 saturated carbocycles. The number of amides is 1. The Bertz CT molecular complexity index is 1260. The summed E-state index contributed by atoms with van der Waals surface area (Å²) in [4.78, 5) is 22.0. The van der Waals surface area contributed by atoms with E-state index in [1.165, 1.54) is 36.8 Å². The molecule has 1 fully saturated rings. The molecule has 1 aromatic heterocycles. The molecule has 1 amide bonds. The summed E-state index contributed by atoms with van der Waals surface area (Å²) in [5, 5.41) is -0.0607. The minimum atomic E-state index is -3.75. The van der Waals surface area contributed by atoms with E-state index < -0.39 is 15.8 Å². The molecular formula is C23H24ClFN4O4S. The number of benzene rings is 2. The largest absolute Gasteiger partial charge is 0.484 e. The SMILES string of the molecule is O=C(COc1ccc(F)c(Cl)c1)N1CCC(c2ccc(S(=O)(=O)Nc3ccncn3)cc2)CC1.[HH]. The smallest absolute Gasteiger partial charge is 0.263 e. The van der Waals surface area contributed by atoms with Gasteiger partial charge in [0.25, 0.3) is 15.9 Å². The first kappa shape index (κ1) is 23.9. The number of hydrogen-bond acceptors (Lipinski definition) is 6. The normalized spacial score (nSPS) is 14.6. The third-order valence-corrected chi connectivity index (χ3v) is 7.24. The van der Waals surface area contributed by atoms with E-state index in [2.05, 4.69) is 14.7 Å². The van der Waals surface area contributed by atoms with Crippen molar-refractivity contribution in [1.82, 2.24) is 14.9 Å². The van der Waals surface area contributed by atoms with E-state index in [0.717, 1.165) is 18.4 Å². The molecule has 0 atom stereocenters. The van der Waals surface area contributed by atoms with Crippen LogP contribution in [-0.2, 0) is 14.8 Å². The van der Waals surface area contributed by atoms with Gasteiger partial charge in [-0.05, 0) is 54.7 Å². The van der Waals surface area contributed by atoms with Gasteiger partial charge in [0.2, 0.25) is 0 Å². The lowest BCUT2D eigenvalue weighted by atomic mass is 9.89. The van der Waals surface area contributed by atoms with E-state index in [1.54, 1.807) is 29.2 Å². The van der Waals surface area contributed by atoms with Crippen LogP contribution in [0, 0.1) is 5.82 Å². The van der Waals surface area contributed by atoms with Crippen LogP contribution in [0.4, 0.5) is 10.2 Å². The molecule has 2 heterocycles. The fourth-order valence-corrected chi connectivity index (χ4v) is 4.91. The number of likely N-dealkylation sites (tertiary alicyclic amines) is 1. The lowest BCUT2D eigenvalue weighted by Gasteiger charge is -2.32.